The van der Waals surface area contributed by atoms with Crippen LogP contribution in [0, 0.1) is 5.92 Å². The molecule has 3 heteroatoms. The molecule has 0 aliphatic carbocycles. The summed E-state index contributed by atoms with van der Waals surface area (Å²) in [7, 11) is 0. The Balaban J connectivity index is 2.36. The fourth-order valence-corrected chi connectivity index (χ4v) is 1.79. The van der Waals surface area contributed by atoms with Crippen LogP contribution in [0.25, 0.3) is 0 Å². The molecule has 0 radical (unpaired) electrons. The number of carbonyl (C=O) groups is 1. The largest absolute Gasteiger partial charge is 0.481 e. The second-order valence-electron chi connectivity index (χ2n) is 3.79. The number of aliphatic carboxylic acids is 1. The van der Waals surface area contributed by atoms with E-state index in [-0.39, 0.29) is 12.0 Å². The summed E-state index contributed by atoms with van der Waals surface area (Å²) >= 11 is 0. The summed E-state index contributed by atoms with van der Waals surface area (Å²) in [6, 6.07) is 0. The molecular formula is C10H18O3. The maximum Gasteiger partial charge on any atom is 0.308 e. The van der Waals surface area contributed by atoms with Crippen molar-refractivity contribution in [3.05, 3.63) is 0 Å². The van der Waals surface area contributed by atoms with Crippen molar-refractivity contribution in [3.8, 4) is 0 Å². The van der Waals surface area contributed by atoms with E-state index in [2.05, 4.69) is 6.92 Å². The Morgan fingerprint density at radius 2 is 2.31 bits per heavy atom. The zero-order chi connectivity index (χ0) is 9.84. The van der Waals surface area contributed by atoms with Crippen LogP contribution in [0.1, 0.15) is 39.5 Å². The molecule has 0 bridgehead atoms. The van der Waals surface area contributed by atoms with E-state index in [4.69, 9.17) is 9.84 Å². The summed E-state index contributed by atoms with van der Waals surface area (Å²) in [4.78, 5) is 10.7. The molecule has 1 aliphatic heterocycles. The molecule has 0 saturated carbocycles. The average molecular weight is 186 g/mol. The Morgan fingerprint density at radius 3 is 2.85 bits per heavy atom. The highest BCUT2D eigenvalue weighted by atomic mass is 16.5. The van der Waals surface area contributed by atoms with Gasteiger partial charge in [-0.2, -0.15) is 0 Å². The van der Waals surface area contributed by atoms with E-state index in [1.54, 1.807) is 6.92 Å². The Morgan fingerprint density at radius 1 is 1.62 bits per heavy atom. The molecule has 1 heterocycles. The van der Waals surface area contributed by atoms with Crippen molar-refractivity contribution in [2.45, 2.75) is 51.7 Å². The van der Waals surface area contributed by atoms with Gasteiger partial charge in [0.15, 0.2) is 0 Å². The van der Waals surface area contributed by atoms with Crippen LogP contribution in [0.2, 0.25) is 0 Å². The van der Waals surface area contributed by atoms with E-state index in [9.17, 15) is 4.79 Å². The van der Waals surface area contributed by atoms with Crippen LogP contribution in [0.15, 0.2) is 0 Å². The normalized spacial score (nSPS) is 30.3. The molecule has 1 fully saturated rings. The van der Waals surface area contributed by atoms with E-state index in [0.717, 1.165) is 25.7 Å². The highest BCUT2D eigenvalue weighted by Crippen LogP contribution is 2.27. The fourth-order valence-electron chi connectivity index (χ4n) is 1.79. The zero-order valence-electron chi connectivity index (χ0n) is 8.32. The van der Waals surface area contributed by atoms with Crippen molar-refractivity contribution >= 4 is 5.97 Å². The summed E-state index contributed by atoms with van der Waals surface area (Å²) in [5.41, 5.74) is 0. The molecule has 1 aliphatic rings. The van der Waals surface area contributed by atoms with E-state index in [1.165, 1.54) is 0 Å². The molecule has 0 spiro atoms. The first kappa shape index (κ1) is 10.5. The molecule has 3 atom stereocenters. The lowest BCUT2D eigenvalue weighted by Crippen LogP contribution is -2.25. The van der Waals surface area contributed by atoms with Crippen LogP contribution < -0.4 is 0 Å². The molecule has 13 heavy (non-hydrogen) atoms. The van der Waals surface area contributed by atoms with Gasteiger partial charge in [-0.3, -0.25) is 4.79 Å². The van der Waals surface area contributed by atoms with Gasteiger partial charge < -0.3 is 9.84 Å². The van der Waals surface area contributed by atoms with Crippen LogP contribution >= 0.6 is 0 Å². The summed E-state index contributed by atoms with van der Waals surface area (Å²) in [6.07, 6.45) is 4.33. The summed E-state index contributed by atoms with van der Waals surface area (Å²) < 4.78 is 5.64. The minimum absolute atomic E-state index is 0.0611. The molecule has 1 rings (SSSR count). The number of hydrogen-bond acceptors (Lipinski definition) is 2. The van der Waals surface area contributed by atoms with Gasteiger partial charge in [0.1, 0.15) is 0 Å². The van der Waals surface area contributed by atoms with E-state index in [0.29, 0.717) is 6.10 Å². The van der Waals surface area contributed by atoms with E-state index in [1.807, 2.05) is 0 Å². The fraction of sp³-hybridized carbons (Fsp3) is 0.900. The van der Waals surface area contributed by atoms with Gasteiger partial charge in [-0.05, 0) is 26.2 Å². The molecule has 0 aromatic heterocycles. The molecular weight excluding hydrogens is 168 g/mol. The smallest absolute Gasteiger partial charge is 0.308 e. The van der Waals surface area contributed by atoms with Gasteiger partial charge in [-0.15, -0.1) is 0 Å². The molecule has 0 unspecified atom stereocenters. The maximum absolute atomic E-state index is 10.7. The van der Waals surface area contributed by atoms with Crippen molar-refractivity contribution in [1.29, 1.82) is 0 Å². The standard InChI is InChI=1S/C10H18O3/c1-3-4-8-5-6-9(13-8)7(2)10(11)12/h7-9H,3-6H2,1-2H3,(H,11,12)/t7-,8-,9-/m0/s1. The number of hydrogen-bond donors (Lipinski definition) is 1. The van der Waals surface area contributed by atoms with Crippen molar-refractivity contribution in [1.82, 2.24) is 0 Å². The van der Waals surface area contributed by atoms with E-state index < -0.39 is 5.97 Å². The predicted octanol–water partition coefficient (Wildman–Crippen LogP) is 2.05. The minimum atomic E-state index is -0.748. The molecule has 0 aromatic rings. The predicted molar refractivity (Wildman–Crippen MR) is 49.6 cm³/mol. The highest BCUT2D eigenvalue weighted by Gasteiger charge is 2.32. The first-order chi connectivity index (χ1) is 6.15. The third kappa shape index (κ3) is 2.69. The van der Waals surface area contributed by atoms with Crippen LogP contribution in [0.3, 0.4) is 0 Å². The van der Waals surface area contributed by atoms with Gasteiger partial charge in [0.2, 0.25) is 0 Å². The molecule has 0 amide bonds. The second-order valence-corrected chi connectivity index (χ2v) is 3.79. The van der Waals surface area contributed by atoms with Crippen LogP contribution in [0.5, 0.6) is 0 Å². The van der Waals surface area contributed by atoms with Crippen molar-refractivity contribution in [2.75, 3.05) is 0 Å². The molecule has 0 aromatic carbocycles. The van der Waals surface area contributed by atoms with Gasteiger partial charge in [-0.1, -0.05) is 13.3 Å². The number of carboxylic acid groups (broad SMARTS) is 1. The minimum Gasteiger partial charge on any atom is -0.481 e. The summed E-state index contributed by atoms with van der Waals surface area (Å²) in [5.74, 6) is -1.11. The third-order valence-corrected chi connectivity index (χ3v) is 2.70. The van der Waals surface area contributed by atoms with Crippen LogP contribution in [-0.4, -0.2) is 23.3 Å². The number of rotatable bonds is 4. The van der Waals surface area contributed by atoms with Gasteiger partial charge in [-0.25, -0.2) is 0 Å². The van der Waals surface area contributed by atoms with E-state index >= 15 is 0 Å². The Kier molecular flexibility index (Phi) is 3.72. The average Bonchev–Trinajstić information content (AvgIpc) is 2.52. The Hall–Kier alpha value is -0.570. The lowest BCUT2D eigenvalue weighted by molar-refractivity contribution is -0.146. The number of carboxylic acids is 1. The van der Waals surface area contributed by atoms with Crippen LogP contribution in [-0.2, 0) is 9.53 Å². The maximum atomic E-state index is 10.7. The van der Waals surface area contributed by atoms with Crippen molar-refractivity contribution in [3.63, 3.8) is 0 Å². The van der Waals surface area contributed by atoms with Gasteiger partial charge in [0.05, 0.1) is 18.1 Å². The summed E-state index contributed by atoms with van der Waals surface area (Å²) in [5, 5.41) is 8.78. The quantitative estimate of drug-likeness (QED) is 0.731. The number of ether oxygens (including phenoxy) is 1. The lowest BCUT2D eigenvalue weighted by Gasteiger charge is -2.16. The van der Waals surface area contributed by atoms with Crippen molar-refractivity contribution < 1.29 is 14.6 Å². The van der Waals surface area contributed by atoms with Crippen LogP contribution in [0.4, 0.5) is 0 Å². The highest BCUT2D eigenvalue weighted by molar-refractivity contribution is 5.70. The first-order valence-corrected chi connectivity index (χ1v) is 5.03. The molecule has 76 valence electrons. The lowest BCUT2D eigenvalue weighted by atomic mass is 10.0. The monoisotopic (exact) mass is 186 g/mol. The van der Waals surface area contributed by atoms with Gasteiger partial charge >= 0.3 is 5.97 Å². The molecule has 1 N–H and O–H groups in total. The van der Waals surface area contributed by atoms with Gasteiger partial charge in [0.25, 0.3) is 0 Å². The third-order valence-electron chi connectivity index (χ3n) is 2.70. The summed E-state index contributed by atoms with van der Waals surface area (Å²) in [6.45, 7) is 3.85. The molecule has 3 nitrogen and oxygen atoms in total. The Bertz CT molecular complexity index is 179. The SMILES string of the molecule is CCC[C@H]1CC[C@@H]([C@H](C)C(=O)O)O1. The first-order valence-electron chi connectivity index (χ1n) is 5.03. The topological polar surface area (TPSA) is 46.5 Å². The second kappa shape index (κ2) is 4.61. The molecule has 1 saturated heterocycles. The van der Waals surface area contributed by atoms with Gasteiger partial charge in [0, 0.05) is 0 Å². The Labute approximate surface area is 79.1 Å². The van der Waals surface area contributed by atoms with Crippen molar-refractivity contribution in [2.24, 2.45) is 5.92 Å². The zero-order valence-corrected chi connectivity index (χ0v) is 8.32.